The van der Waals surface area contributed by atoms with Crippen molar-refractivity contribution in [1.82, 2.24) is 5.01 Å². The van der Waals surface area contributed by atoms with Crippen molar-refractivity contribution in [1.29, 1.82) is 5.41 Å². The van der Waals surface area contributed by atoms with E-state index in [1.54, 1.807) is 38.3 Å². The van der Waals surface area contributed by atoms with Crippen molar-refractivity contribution < 1.29 is 23.7 Å². The largest absolute Gasteiger partial charge is 0.497 e. The number of hydrogen-bond acceptors (Lipinski definition) is 8. The van der Waals surface area contributed by atoms with Crippen molar-refractivity contribution in [3.05, 3.63) is 52.6 Å². The average Bonchev–Trinajstić information content (AvgIpc) is 3.20. The van der Waals surface area contributed by atoms with E-state index in [2.05, 4.69) is 10.1 Å². The maximum absolute atomic E-state index is 12.5. The number of nitrogens with one attached hydrogen (secondary N) is 1. The lowest BCUT2D eigenvalue weighted by Gasteiger charge is -2.20. The van der Waals surface area contributed by atoms with Gasteiger partial charge in [-0.3, -0.25) is 10.2 Å². The molecular weight excluding hydrogens is 480 g/mol. The number of thioether (sulfide) groups is 1. The Morgan fingerprint density at radius 3 is 2.50 bits per heavy atom. The first-order valence-electron chi connectivity index (χ1n) is 10.1. The number of hydrazone groups is 1. The van der Waals surface area contributed by atoms with Gasteiger partial charge in [-0.1, -0.05) is 11.6 Å². The molecule has 2 aromatic rings. The number of hydrogen-bond donors (Lipinski definition) is 1. The molecule has 0 saturated carbocycles. The van der Waals surface area contributed by atoms with Crippen LogP contribution in [0, 0.1) is 5.41 Å². The Kier molecular flexibility index (Phi) is 7.09. The lowest BCUT2D eigenvalue weighted by atomic mass is 10.1. The molecule has 0 unspecified atom stereocenters. The third-order valence-electron chi connectivity index (χ3n) is 4.78. The minimum absolute atomic E-state index is 0.0505. The van der Waals surface area contributed by atoms with Crippen molar-refractivity contribution in [2.45, 2.75) is 6.92 Å². The number of methoxy groups -OCH3 is 2. The number of carbonyl (C=O) groups is 1. The van der Waals surface area contributed by atoms with Gasteiger partial charge in [-0.25, -0.2) is 0 Å². The van der Waals surface area contributed by atoms with Crippen molar-refractivity contribution >= 4 is 51.4 Å². The molecule has 0 spiro atoms. The number of amidine groups is 2. The Balaban J connectivity index is 1.46. The second-order valence-electron chi connectivity index (χ2n) is 7.05. The molecular formula is C23H21ClN4O5S. The predicted octanol–water partition coefficient (Wildman–Crippen LogP) is 4.45. The molecule has 1 amide bonds. The molecule has 0 fully saturated rings. The normalized spacial score (nSPS) is 16.2. The van der Waals surface area contributed by atoms with Crippen molar-refractivity contribution in [2.75, 3.05) is 27.4 Å². The highest BCUT2D eigenvalue weighted by molar-refractivity contribution is 8.26. The highest BCUT2D eigenvalue weighted by Gasteiger charge is 2.34. The van der Waals surface area contributed by atoms with Gasteiger partial charge in [0.2, 0.25) is 5.17 Å². The van der Waals surface area contributed by atoms with Crippen molar-refractivity contribution in [2.24, 2.45) is 10.1 Å². The van der Waals surface area contributed by atoms with Gasteiger partial charge in [0.05, 0.1) is 29.9 Å². The molecule has 2 aliphatic rings. The van der Waals surface area contributed by atoms with E-state index in [4.69, 9.17) is 36.0 Å². The van der Waals surface area contributed by atoms with Crippen molar-refractivity contribution in [3.8, 4) is 23.0 Å². The molecule has 2 aromatic carbocycles. The number of amides is 1. The van der Waals surface area contributed by atoms with E-state index < -0.39 is 5.91 Å². The topological polar surface area (TPSA) is 106 Å². The highest BCUT2D eigenvalue weighted by atomic mass is 35.5. The minimum Gasteiger partial charge on any atom is -0.497 e. The Bertz CT molecular complexity index is 1230. The van der Waals surface area contributed by atoms with Crippen LogP contribution in [-0.4, -0.2) is 54.4 Å². The molecule has 0 radical (unpaired) electrons. The number of fused-ring (bicyclic) bond motifs is 1. The fourth-order valence-corrected chi connectivity index (χ4v) is 4.20. The van der Waals surface area contributed by atoms with E-state index in [9.17, 15) is 4.79 Å². The summed E-state index contributed by atoms with van der Waals surface area (Å²) in [5, 5.41) is 15.3. The van der Waals surface area contributed by atoms with Crippen LogP contribution in [0.5, 0.6) is 23.0 Å². The van der Waals surface area contributed by atoms with Gasteiger partial charge in [-0.2, -0.15) is 15.1 Å². The van der Waals surface area contributed by atoms with Crippen LogP contribution in [0.3, 0.4) is 0 Å². The summed E-state index contributed by atoms with van der Waals surface area (Å²) in [6.45, 7) is 2.31. The van der Waals surface area contributed by atoms with Gasteiger partial charge >= 0.3 is 0 Å². The Labute approximate surface area is 205 Å². The van der Waals surface area contributed by atoms with Gasteiger partial charge in [0.15, 0.2) is 17.3 Å². The quantitative estimate of drug-likeness (QED) is 0.421. The number of halogens is 1. The first-order valence-corrected chi connectivity index (χ1v) is 11.3. The first-order chi connectivity index (χ1) is 16.4. The minimum atomic E-state index is -0.514. The number of ether oxygens (including phenoxy) is 4. The van der Waals surface area contributed by atoms with E-state index in [1.165, 1.54) is 30.0 Å². The third-order valence-corrected chi connectivity index (χ3v) is 5.88. The van der Waals surface area contributed by atoms with Crippen molar-refractivity contribution in [3.63, 3.8) is 0 Å². The third kappa shape index (κ3) is 5.02. The van der Waals surface area contributed by atoms with E-state index in [0.717, 1.165) is 5.75 Å². The number of aliphatic imine (C=N–C) groups is 1. The van der Waals surface area contributed by atoms with Gasteiger partial charge in [-0.05, 0) is 66.7 Å². The molecule has 2 heterocycles. The van der Waals surface area contributed by atoms with Crippen LogP contribution in [0.15, 0.2) is 52.1 Å². The SMILES string of the molecule is COc1ccc(OCCOc2c(Cl)cc(/C=C3\C(=N)N4N=C(C)SC4=NC3=O)cc2OC)cc1. The molecule has 0 aliphatic carbocycles. The smallest absolute Gasteiger partial charge is 0.283 e. The molecule has 0 saturated heterocycles. The molecule has 11 heteroatoms. The van der Waals surface area contributed by atoms with E-state index in [-0.39, 0.29) is 24.6 Å². The number of carbonyl (C=O) groups excluding carboxylic acids is 1. The zero-order valence-corrected chi connectivity index (χ0v) is 20.2. The average molecular weight is 501 g/mol. The maximum atomic E-state index is 12.5. The van der Waals surface area contributed by atoms with Crippen LogP contribution in [0.4, 0.5) is 0 Å². The molecule has 2 aliphatic heterocycles. The van der Waals surface area contributed by atoms with Crippen LogP contribution < -0.4 is 18.9 Å². The van der Waals surface area contributed by atoms with Gasteiger partial charge in [0.25, 0.3) is 5.91 Å². The maximum Gasteiger partial charge on any atom is 0.283 e. The van der Waals surface area contributed by atoms with Gasteiger partial charge < -0.3 is 18.9 Å². The van der Waals surface area contributed by atoms with E-state index >= 15 is 0 Å². The van der Waals surface area contributed by atoms with E-state index in [1.807, 2.05) is 12.1 Å². The number of benzene rings is 2. The zero-order valence-electron chi connectivity index (χ0n) is 18.6. The van der Waals surface area contributed by atoms with Crippen LogP contribution in [-0.2, 0) is 4.79 Å². The van der Waals surface area contributed by atoms with E-state index in [0.29, 0.717) is 38.0 Å². The van der Waals surface area contributed by atoms with Crippen LogP contribution in [0.1, 0.15) is 12.5 Å². The summed E-state index contributed by atoms with van der Waals surface area (Å²) in [5.74, 6) is 1.60. The molecule has 1 N–H and O–H groups in total. The Morgan fingerprint density at radius 1 is 1.09 bits per heavy atom. The Hall–Kier alpha value is -3.50. The molecule has 9 nitrogen and oxygen atoms in total. The zero-order chi connectivity index (χ0) is 24.2. The van der Waals surface area contributed by atoms with Gasteiger partial charge in [0.1, 0.15) is 24.7 Å². The first kappa shape index (κ1) is 23.7. The summed E-state index contributed by atoms with van der Waals surface area (Å²) in [7, 11) is 3.10. The molecule has 34 heavy (non-hydrogen) atoms. The summed E-state index contributed by atoms with van der Waals surface area (Å²) in [4.78, 5) is 16.5. The van der Waals surface area contributed by atoms with Crippen LogP contribution in [0.25, 0.3) is 6.08 Å². The molecule has 0 atom stereocenters. The summed E-state index contributed by atoms with van der Waals surface area (Å²) in [6, 6.07) is 10.5. The monoisotopic (exact) mass is 500 g/mol. The van der Waals surface area contributed by atoms with Crippen LogP contribution >= 0.6 is 23.4 Å². The molecule has 4 rings (SSSR count). The summed E-state index contributed by atoms with van der Waals surface area (Å²) in [5.41, 5.74) is 0.658. The predicted molar refractivity (Wildman–Crippen MR) is 133 cm³/mol. The summed E-state index contributed by atoms with van der Waals surface area (Å²) >= 11 is 7.70. The molecule has 0 bridgehead atoms. The number of nitrogens with zero attached hydrogens (tertiary/aromatic N) is 3. The van der Waals surface area contributed by atoms with Crippen LogP contribution in [0.2, 0.25) is 5.02 Å². The molecule has 176 valence electrons. The lowest BCUT2D eigenvalue weighted by molar-refractivity contribution is -0.114. The van der Waals surface area contributed by atoms with Gasteiger partial charge in [-0.15, -0.1) is 0 Å². The second-order valence-corrected chi connectivity index (χ2v) is 8.61. The molecule has 0 aromatic heterocycles. The lowest BCUT2D eigenvalue weighted by Crippen LogP contribution is -2.35. The summed E-state index contributed by atoms with van der Waals surface area (Å²) < 4.78 is 22.0. The fraction of sp³-hybridized carbons (Fsp3) is 0.217. The van der Waals surface area contributed by atoms with Gasteiger partial charge in [0, 0.05) is 0 Å². The fourth-order valence-electron chi connectivity index (χ4n) is 3.19. The highest BCUT2D eigenvalue weighted by Crippen LogP contribution is 2.37. The second kappa shape index (κ2) is 10.2. The number of rotatable bonds is 8. The standard InChI is InChI=1S/C23H21ClN4O5S/c1-13-27-28-21(25)17(22(29)26-23(28)34-13)10-14-11-18(24)20(19(12-14)31-3)33-9-8-32-16-6-4-15(30-2)5-7-16/h4-7,10-12,25H,8-9H2,1-3H3/b17-10+,25-21?. The summed E-state index contributed by atoms with van der Waals surface area (Å²) in [6.07, 6.45) is 1.53. The Morgan fingerprint density at radius 2 is 1.79 bits per heavy atom.